The van der Waals surface area contributed by atoms with Gasteiger partial charge in [0.15, 0.2) is 0 Å². The Balaban J connectivity index is 1.53. The van der Waals surface area contributed by atoms with Gasteiger partial charge in [-0.2, -0.15) is 0 Å². The molecule has 0 bridgehead atoms. The molecule has 0 radical (unpaired) electrons. The SMILES string of the molecule is CC(C)[C@@H](NC(N)=O)C(=O)N1CCN(Cc2csc(-c3ccccc3)n2)CC1. The lowest BCUT2D eigenvalue weighted by atomic mass is 10.0. The normalized spacial score (nSPS) is 16.2. The van der Waals surface area contributed by atoms with Crippen LogP contribution < -0.4 is 11.1 Å². The lowest BCUT2D eigenvalue weighted by Gasteiger charge is -2.36. The lowest BCUT2D eigenvalue weighted by Crippen LogP contribution is -2.57. The molecule has 7 nitrogen and oxygen atoms in total. The molecule has 0 spiro atoms. The zero-order chi connectivity index (χ0) is 20.1. The molecule has 2 heterocycles. The fourth-order valence-electron chi connectivity index (χ4n) is 3.31. The molecule has 28 heavy (non-hydrogen) atoms. The summed E-state index contributed by atoms with van der Waals surface area (Å²) < 4.78 is 0. The lowest BCUT2D eigenvalue weighted by molar-refractivity contribution is -0.136. The van der Waals surface area contributed by atoms with E-state index >= 15 is 0 Å². The van der Waals surface area contributed by atoms with Crippen LogP contribution in [0, 0.1) is 5.92 Å². The molecule has 1 fully saturated rings. The average molecular weight is 402 g/mol. The standard InChI is InChI=1S/C20H27N5O2S/c1-14(2)17(23-20(21)27)19(26)25-10-8-24(9-11-25)12-16-13-28-18(22-16)15-6-4-3-5-7-15/h3-7,13-14,17H,8-12H2,1-2H3,(H3,21,23,27)/t17-/m1/s1. The molecule has 150 valence electrons. The number of nitrogens with two attached hydrogens (primary N) is 1. The highest BCUT2D eigenvalue weighted by Crippen LogP contribution is 2.24. The highest BCUT2D eigenvalue weighted by atomic mass is 32.1. The van der Waals surface area contributed by atoms with Gasteiger partial charge in [-0.3, -0.25) is 9.69 Å². The van der Waals surface area contributed by atoms with Crippen LogP contribution in [-0.4, -0.2) is 58.9 Å². The summed E-state index contributed by atoms with van der Waals surface area (Å²) in [5.74, 6) is -0.0714. The molecular formula is C20H27N5O2S. The van der Waals surface area contributed by atoms with Crippen LogP contribution in [0.1, 0.15) is 19.5 Å². The van der Waals surface area contributed by atoms with Gasteiger partial charge in [-0.1, -0.05) is 44.2 Å². The van der Waals surface area contributed by atoms with E-state index in [9.17, 15) is 9.59 Å². The topological polar surface area (TPSA) is 91.6 Å². The predicted molar refractivity (Wildman–Crippen MR) is 111 cm³/mol. The molecule has 3 amide bonds. The summed E-state index contributed by atoms with van der Waals surface area (Å²) in [7, 11) is 0. The summed E-state index contributed by atoms with van der Waals surface area (Å²) in [4.78, 5) is 32.8. The van der Waals surface area contributed by atoms with Crippen LogP contribution in [0.25, 0.3) is 10.6 Å². The Kier molecular flexibility index (Phi) is 6.64. The molecule has 8 heteroatoms. The Hall–Kier alpha value is -2.45. The molecule has 3 rings (SSSR count). The molecule has 1 saturated heterocycles. The summed E-state index contributed by atoms with van der Waals surface area (Å²) in [6.07, 6.45) is 0. The third-order valence-corrected chi connectivity index (χ3v) is 5.81. The van der Waals surface area contributed by atoms with Crippen LogP contribution in [-0.2, 0) is 11.3 Å². The second-order valence-corrected chi connectivity index (χ2v) is 8.20. The van der Waals surface area contributed by atoms with Crippen LogP contribution in [0.2, 0.25) is 0 Å². The zero-order valence-electron chi connectivity index (χ0n) is 16.3. The fraction of sp³-hybridized carbons (Fsp3) is 0.450. The number of nitrogens with one attached hydrogen (secondary N) is 1. The molecule has 0 unspecified atom stereocenters. The number of nitrogens with zero attached hydrogens (tertiary/aromatic N) is 3. The van der Waals surface area contributed by atoms with E-state index in [1.165, 1.54) is 0 Å². The Labute approximate surface area is 169 Å². The molecule has 1 aliphatic heterocycles. The minimum absolute atomic E-state index is 0.00977. The Morgan fingerprint density at radius 2 is 1.86 bits per heavy atom. The van der Waals surface area contributed by atoms with Gasteiger partial charge in [0.1, 0.15) is 11.0 Å². The largest absolute Gasteiger partial charge is 0.352 e. The number of urea groups is 1. The maximum atomic E-state index is 12.7. The first-order valence-corrected chi connectivity index (χ1v) is 10.4. The van der Waals surface area contributed by atoms with E-state index in [2.05, 4.69) is 27.7 Å². The number of aromatic nitrogens is 1. The molecule has 1 atom stereocenters. The van der Waals surface area contributed by atoms with E-state index in [1.807, 2.05) is 36.9 Å². The second-order valence-electron chi connectivity index (χ2n) is 7.34. The van der Waals surface area contributed by atoms with Crippen LogP contribution >= 0.6 is 11.3 Å². The van der Waals surface area contributed by atoms with Crippen molar-refractivity contribution in [3.05, 3.63) is 41.4 Å². The van der Waals surface area contributed by atoms with E-state index in [4.69, 9.17) is 10.7 Å². The third kappa shape index (κ3) is 5.08. The van der Waals surface area contributed by atoms with Gasteiger partial charge in [-0.15, -0.1) is 11.3 Å². The van der Waals surface area contributed by atoms with Crippen molar-refractivity contribution in [2.75, 3.05) is 26.2 Å². The first kappa shape index (κ1) is 20.3. The smallest absolute Gasteiger partial charge is 0.312 e. The summed E-state index contributed by atoms with van der Waals surface area (Å²) in [5, 5.41) is 5.70. The Morgan fingerprint density at radius 1 is 1.18 bits per heavy atom. The van der Waals surface area contributed by atoms with Crippen LogP contribution in [0.3, 0.4) is 0 Å². The van der Waals surface area contributed by atoms with Crippen molar-refractivity contribution in [2.24, 2.45) is 11.7 Å². The number of hydrogen-bond donors (Lipinski definition) is 2. The molecule has 1 aromatic heterocycles. The minimum Gasteiger partial charge on any atom is -0.352 e. The summed E-state index contributed by atoms with van der Waals surface area (Å²) in [6.45, 7) is 7.42. The van der Waals surface area contributed by atoms with Crippen LogP contribution in [0.5, 0.6) is 0 Å². The van der Waals surface area contributed by atoms with Gasteiger partial charge in [-0.05, 0) is 5.92 Å². The quantitative estimate of drug-likeness (QED) is 0.776. The van der Waals surface area contributed by atoms with E-state index in [1.54, 1.807) is 11.3 Å². The number of carbonyl (C=O) groups excluding carboxylic acids is 2. The Bertz CT molecular complexity index is 800. The summed E-state index contributed by atoms with van der Waals surface area (Å²) in [5.41, 5.74) is 7.41. The van der Waals surface area contributed by atoms with Crippen molar-refractivity contribution in [3.8, 4) is 10.6 Å². The maximum Gasteiger partial charge on any atom is 0.312 e. The first-order chi connectivity index (χ1) is 13.4. The van der Waals surface area contributed by atoms with Crippen molar-refractivity contribution in [1.29, 1.82) is 0 Å². The molecule has 3 N–H and O–H groups in total. The van der Waals surface area contributed by atoms with E-state index in [0.29, 0.717) is 13.1 Å². The molecule has 2 aromatic rings. The maximum absolute atomic E-state index is 12.7. The minimum atomic E-state index is -0.663. The molecular weight excluding hydrogens is 374 g/mol. The zero-order valence-corrected chi connectivity index (χ0v) is 17.1. The number of primary amides is 1. The van der Waals surface area contributed by atoms with E-state index < -0.39 is 12.1 Å². The van der Waals surface area contributed by atoms with Crippen molar-refractivity contribution < 1.29 is 9.59 Å². The molecule has 0 aliphatic carbocycles. The number of amides is 3. The molecule has 0 saturated carbocycles. The number of hydrogen-bond acceptors (Lipinski definition) is 5. The van der Waals surface area contributed by atoms with Crippen molar-refractivity contribution >= 4 is 23.3 Å². The van der Waals surface area contributed by atoms with Gasteiger partial charge >= 0.3 is 6.03 Å². The number of piperazine rings is 1. The number of benzene rings is 1. The number of carbonyl (C=O) groups is 2. The summed E-state index contributed by atoms with van der Waals surface area (Å²) >= 11 is 1.66. The van der Waals surface area contributed by atoms with Crippen molar-refractivity contribution in [2.45, 2.75) is 26.4 Å². The summed E-state index contributed by atoms with van der Waals surface area (Å²) in [6, 6.07) is 8.94. The molecule has 1 aliphatic rings. The second kappa shape index (κ2) is 9.16. The van der Waals surface area contributed by atoms with Gasteiger partial charge < -0.3 is 16.0 Å². The van der Waals surface area contributed by atoms with Crippen LogP contribution in [0.4, 0.5) is 4.79 Å². The predicted octanol–water partition coefficient (Wildman–Crippen LogP) is 2.15. The third-order valence-electron chi connectivity index (χ3n) is 4.87. The number of thiazole rings is 1. The highest BCUT2D eigenvalue weighted by molar-refractivity contribution is 7.13. The van der Waals surface area contributed by atoms with Gasteiger partial charge in [0.2, 0.25) is 5.91 Å². The van der Waals surface area contributed by atoms with E-state index in [-0.39, 0.29) is 11.8 Å². The monoisotopic (exact) mass is 401 g/mol. The molecule has 1 aromatic carbocycles. The van der Waals surface area contributed by atoms with Crippen molar-refractivity contribution in [1.82, 2.24) is 20.1 Å². The average Bonchev–Trinajstić information content (AvgIpc) is 3.15. The number of rotatable bonds is 6. The Morgan fingerprint density at radius 3 is 2.46 bits per heavy atom. The van der Waals surface area contributed by atoms with Crippen molar-refractivity contribution in [3.63, 3.8) is 0 Å². The highest BCUT2D eigenvalue weighted by Gasteiger charge is 2.30. The van der Waals surface area contributed by atoms with Crippen LogP contribution in [0.15, 0.2) is 35.7 Å². The van der Waals surface area contributed by atoms with Gasteiger partial charge in [0.25, 0.3) is 0 Å². The van der Waals surface area contributed by atoms with Gasteiger partial charge in [0, 0.05) is 43.7 Å². The van der Waals surface area contributed by atoms with E-state index in [0.717, 1.165) is 35.9 Å². The van der Waals surface area contributed by atoms with Gasteiger partial charge in [-0.25, -0.2) is 9.78 Å². The fourth-order valence-corrected chi connectivity index (χ4v) is 4.13. The van der Waals surface area contributed by atoms with Gasteiger partial charge in [0.05, 0.1) is 5.69 Å². The first-order valence-electron chi connectivity index (χ1n) is 9.51.